The number of hydrazone groups is 1. The van der Waals surface area contributed by atoms with E-state index < -0.39 is 0 Å². The Labute approximate surface area is 154 Å². The van der Waals surface area contributed by atoms with Crippen molar-refractivity contribution in [3.05, 3.63) is 58.6 Å². The molecule has 2 rings (SSSR count). The first-order chi connectivity index (χ1) is 12.1. The number of nitrogens with zero attached hydrogens (tertiary/aromatic N) is 1. The highest BCUT2D eigenvalue weighted by atomic mass is 79.9. The van der Waals surface area contributed by atoms with Gasteiger partial charge in [-0.05, 0) is 36.4 Å². The quantitative estimate of drug-likeness (QED) is 0.549. The molecule has 0 saturated heterocycles. The average Bonchev–Trinajstić information content (AvgIpc) is 2.62. The van der Waals surface area contributed by atoms with Crippen LogP contribution in [0.5, 0.6) is 5.75 Å². The van der Waals surface area contributed by atoms with Crippen LogP contribution in [0.3, 0.4) is 0 Å². The topological polar surface area (TPSA) is 79.8 Å². The summed E-state index contributed by atoms with van der Waals surface area (Å²) in [6.07, 6.45) is 1.62. The molecule has 0 fully saturated rings. The summed E-state index contributed by atoms with van der Waals surface area (Å²) in [5, 5.41) is 6.61. The molecule has 0 radical (unpaired) electrons. The van der Waals surface area contributed by atoms with Crippen LogP contribution in [0, 0.1) is 0 Å². The van der Waals surface area contributed by atoms with Crippen molar-refractivity contribution >= 4 is 39.6 Å². The Balaban J connectivity index is 1.75. The van der Waals surface area contributed by atoms with Crippen LogP contribution >= 0.6 is 15.9 Å². The lowest BCUT2D eigenvalue weighted by Gasteiger charge is -2.05. The molecule has 0 unspecified atom stereocenters. The lowest BCUT2D eigenvalue weighted by atomic mass is 10.2. The minimum Gasteiger partial charge on any atom is -0.496 e. The number of rotatable bonds is 7. The van der Waals surface area contributed by atoms with Crippen LogP contribution in [0.25, 0.3) is 0 Å². The van der Waals surface area contributed by atoms with Crippen molar-refractivity contribution in [3.63, 3.8) is 0 Å². The maximum absolute atomic E-state index is 11.8. The van der Waals surface area contributed by atoms with Gasteiger partial charge in [0.15, 0.2) is 0 Å². The predicted molar refractivity (Wildman–Crippen MR) is 101 cm³/mol. The highest BCUT2D eigenvalue weighted by molar-refractivity contribution is 9.10. The van der Waals surface area contributed by atoms with Crippen molar-refractivity contribution in [1.82, 2.24) is 5.43 Å². The fourth-order valence-corrected chi connectivity index (χ4v) is 2.25. The summed E-state index contributed by atoms with van der Waals surface area (Å²) in [6, 6.07) is 14.5. The van der Waals surface area contributed by atoms with Gasteiger partial charge in [-0.3, -0.25) is 9.59 Å². The van der Waals surface area contributed by atoms with Crippen molar-refractivity contribution in [2.45, 2.75) is 12.8 Å². The monoisotopic (exact) mass is 403 g/mol. The third-order valence-corrected chi connectivity index (χ3v) is 3.77. The van der Waals surface area contributed by atoms with Gasteiger partial charge in [-0.1, -0.05) is 28.1 Å². The third kappa shape index (κ3) is 6.39. The first-order valence-electron chi connectivity index (χ1n) is 7.59. The summed E-state index contributed by atoms with van der Waals surface area (Å²) in [6.45, 7) is 0. The zero-order valence-electron chi connectivity index (χ0n) is 13.7. The van der Waals surface area contributed by atoms with E-state index in [9.17, 15) is 9.59 Å². The Bertz CT molecular complexity index is 760. The number of carbonyl (C=O) groups excluding carboxylic acids is 2. The Hall–Kier alpha value is -2.67. The van der Waals surface area contributed by atoms with Gasteiger partial charge in [-0.2, -0.15) is 5.10 Å². The van der Waals surface area contributed by atoms with Crippen molar-refractivity contribution < 1.29 is 14.3 Å². The molecule has 25 heavy (non-hydrogen) atoms. The average molecular weight is 404 g/mol. The number of benzene rings is 2. The Morgan fingerprint density at radius 3 is 2.48 bits per heavy atom. The summed E-state index contributed by atoms with van der Waals surface area (Å²) in [5.74, 6) is 0.0951. The van der Waals surface area contributed by atoms with Gasteiger partial charge in [0.1, 0.15) is 5.75 Å². The standard InChI is InChI=1S/C18H18BrN3O3/c1-25-16-5-3-2-4-13(16)12-20-22-18(24)11-10-17(23)21-15-8-6-14(19)7-9-15/h2-9,12H,10-11H2,1H3,(H,21,23)(H,22,24)/b20-12-. The molecule has 2 amide bonds. The van der Waals surface area contributed by atoms with Gasteiger partial charge in [0.25, 0.3) is 0 Å². The molecule has 0 saturated carbocycles. The second kappa shape index (κ2) is 9.58. The number of halogens is 1. The smallest absolute Gasteiger partial charge is 0.240 e. The molecular weight excluding hydrogens is 386 g/mol. The minimum absolute atomic E-state index is 0.0472. The largest absolute Gasteiger partial charge is 0.496 e. The molecule has 130 valence electrons. The number of anilines is 1. The number of ether oxygens (including phenoxy) is 1. The maximum atomic E-state index is 11.8. The summed E-state index contributed by atoms with van der Waals surface area (Å²) in [5.41, 5.74) is 3.83. The number of carbonyl (C=O) groups is 2. The molecule has 2 aromatic rings. The fraction of sp³-hybridized carbons (Fsp3) is 0.167. The van der Waals surface area contributed by atoms with Crippen LogP contribution in [-0.2, 0) is 9.59 Å². The van der Waals surface area contributed by atoms with Crippen molar-refractivity contribution in [1.29, 1.82) is 0 Å². The van der Waals surface area contributed by atoms with Gasteiger partial charge in [0.2, 0.25) is 11.8 Å². The fourth-order valence-electron chi connectivity index (χ4n) is 1.99. The summed E-state index contributed by atoms with van der Waals surface area (Å²) in [4.78, 5) is 23.6. The Morgan fingerprint density at radius 2 is 1.76 bits per heavy atom. The minimum atomic E-state index is -0.336. The number of hydrogen-bond donors (Lipinski definition) is 2. The summed E-state index contributed by atoms with van der Waals surface area (Å²) >= 11 is 3.32. The van der Waals surface area contributed by atoms with Crippen molar-refractivity contribution in [2.75, 3.05) is 12.4 Å². The van der Waals surface area contributed by atoms with E-state index in [1.807, 2.05) is 30.3 Å². The number of nitrogens with one attached hydrogen (secondary N) is 2. The second-order valence-corrected chi connectivity index (χ2v) is 6.01. The zero-order valence-corrected chi connectivity index (χ0v) is 15.2. The lowest BCUT2D eigenvalue weighted by Crippen LogP contribution is -2.20. The van der Waals surface area contributed by atoms with E-state index in [4.69, 9.17) is 4.74 Å². The van der Waals surface area contributed by atoms with Crippen LogP contribution in [-0.4, -0.2) is 25.1 Å². The summed E-state index contributed by atoms with van der Waals surface area (Å²) in [7, 11) is 1.56. The van der Waals surface area contributed by atoms with Crippen LogP contribution < -0.4 is 15.5 Å². The molecule has 6 nitrogen and oxygen atoms in total. The van der Waals surface area contributed by atoms with E-state index in [1.165, 1.54) is 6.21 Å². The van der Waals surface area contributed by atoms with Crippen LogP contribution in [0.15, 0.2) is 58.1 Å². The van der Waals surface area contributed by atoms with E-state index in [0.29, 0.717) is 11.4 Å². The second-order valence-electron chi connectivity index (χ2n) is 5.09. The lowest BCUT2D eigenvalue weighted by molar-refractivity contribution is -0.124. The van der Waals surface area contributed by atoms with Gasteiger partial charge in [0.05, 0.1) is 13.3 Å². The molecule has 0 aliphatic carbocycles. The van der Waals surface area contributed by atoms with E-state index in [-0.39, 0.29) is 24.7 Å². The highest BCUT2D eigenvalue weighted by Crippen LogP contribution is 2.15. The molecular formula is C18H18BrN3O3. The van der Waals surface area contributed by atoms with E-state index >= 15 is 0 Å². The van der Waals surface area contributed by atoms with Crippen LogP contribution in [0.2, 0.25) is 0 Å². The molecule has 0 aliphatic heterocycles. The first kappa shape index (κ1) is 18.7. The first-order valence-corrected chi connectivity index (χ1v) is 8.38. The number of hydrogen-bond acceptors (Lipinski definition) is 4. The van der Waals surface area contributed by atoms with E-state index in [1.54, 1.807) is 25.3 Å². The van der Waals surface area contributed by atoms with E-state index in [2.05, 4.69) is 31.8 Å². The maximum Gasteiger partial charge on any atom is 0.240 e. The SMILES string of the molecule is COc1ccccc1/C=N\NC(=O)CCC(=O)Nc1ccc(Br)cc1. The van der Waals surface area contributed by atoms with Crippen molar-refractivity contribution in [2.24, 2.45) is 5.10 Å². The molecule has 2 aromatic carbocycles. The van der Waals surface area contributed by atoms with Crippen LogP contribution in [0.4, 0.5) is 5.69 Å². The van der Waals surface area contributed by atoms with Gasteiger partial charge >= 0.3 is 0 Å². The van der Waals surface area contributed by atoms with Gasteiger partial charge in [0, 0.05) is 28.6 Å². The normalized spacial score (nSPS) is 10.5. The molecule has 2 N–H and O–H groups in total. The molecule has 0 aliphatic rings. The van der Waals surface area contributed by atoms with Gasteiger partial charge in [-0.15, -0.1) is 0 Å². The number of amides is 2. The molecule has 0 atom stereocenters. The van der Waals surface area contributed by atoms with E-state index in [0.717, 1.165) is 10.0 Å². The summed E-state index contributed by atoms with van der Waals surface area (Å²) < 4.78 is 6.11. The molecule has 7 heteroatoms. The Morgan fingerprint density at radius 1 is 1.08 bits per heavy atom. The molecule has 0 spiro atoms. The van der Waals surface area contributed by atoms with Gasteiger partial charge in [-0.25, -0.2) is 5.43 Å². The van der Waals surface area contributed by atoms with Crippen molar-refractivity contribution in [3.8, 4) is 5.75 Å². The zero-order chi connectivity index (χ0) is 18.1. The molecule has 0 bridgehead atoms. The predicted octanol–water partition coefficient (Wildman–Crippen LogP) is 3.33. The Kier molecular flexibility index (Phi) is 7.16. The highest BCUT2D eigenvalue weighted by Gasteiger charge is 2.07. The number of methoxy groups -OCH3 is 1. The van der Waals surface area contributed by atoms with Crippen LogP contribution in [0.1, 0.15) is 18.4 Å². The number of para-hydroxylation sites is 1. The van der Waals surface area contributed by atoms with Gasteiger partial charge < -0.3 is 10.1 Å². The molecule has 0 heterocycles. The molecule has 0 aromatic heterocycles. The third-order valence-electron chi connectivity index (χ3n) is 3.24.